The lowest BCUT2D eigenvalue weighted by atomic mass is 9.88. The van der Waals surface area contributed by atoms with Gasteiger partial charge >= 0.3 is 0 Å². The molecule has 0 unspecified atom stereocenters. The van der Waals surface area contributed by atoms with Crippen molar-refractivity contribution in [1.82, 2.24) is 5.01 Å². The van der Waals surface area contributed by atoms with Crippen molar-refractivity contribution in [2.45, 2.75) is 17.9 Å². The third-order valence-corrected chi connectivity index (χ3v) is 5.50. The van der Waals surface area contributed by atoms with E-state index in [-0.39, 0.29) is 23.7 Å². The van der Waals surface area contributed by atoms with Crippen LogP contribution in [0.4, 0.5) is 4.39 Å². The summed E-state index contributed by atoms with van der Waals surface area (Å²) in [6.45, 7) is 1.52. The van der Waals surface area contributed by atoms with Crippen molar-refractivity contribution in [1.29, 1.82) is 0 Å². The first-order chi connectivity index (χ1) is 11.1. The second kappa shape index (κ2) is 5.49. The lowest BCUT2D eigenvalue weighted by Gasteiger charge is -2.28. The van der Waals surface area contributed by atoms with E-state index in [0.29, 0.717) is 0 Å². The molecule has 5 heteroatoms. The molecule has 0 radical (unpaired) electrons. The zero-order chi connectivity index (χ0) is 16.0. The van der Waals surface area contributed by atoms with Gasteiger partial charge in [-0.05, 0) is 23.8 Å². The number of halogens is 1. The molecule has 2 aromatic carbocycles. The van der Waals surface area contributed by atoms with E-state index in [4.69, 9.17) is 0 Å². The van der Waals surface area contributed by atoms with Crippen molar-refractivity contribution in [2.24, 2.45) is 11.0 Å². The number of hydrogen-bond donors (Lipinski definition) is 0. The summed E-state index contributed by atoms with van der Waals surface area (Å²) in [7, 11) is 0. The van der Waals surface area contributed by atoms with Crippen LogP contribution in [-0.4, -0.2) is 22.4 Å². The molecule has 0 aromatic heterocycles. The number of rotatable bonds is 1. The summed E-state index contributed by atoms with van der Waals surface area (Å²) in [5, 5.41) is 6.12. The van der Waals surface area contributed by atoms with Gasteiger partial charge in [0.05, 0.1) is 11.8 Å². The van der Waals surface area contributed by atoms with E-state index in [9.17, 15) is 9.18 Å². The second-order valence-electron chi connectivity index (χ2n) is 5.76. The number of carbonyl (C=O) groups is 1. The Morgan fingerprint density at radius 2 is 2.04 bits per heavy atom. The van der Waals surface area contributed by atoms with Crippen LogP contribution in [0.15, 0.2) is 58.5 Å². The highest BCUT2D eigenvalue weighted by Gasteiger charge is 2.43. The number of thioether (sulfide) groups is 1. The van der Waals surface area contributed by atoms with Gasteiger partial charge in [-0.25, -0.2) is 9.40 Å². The molecule has 2 atom stereocenters. The molecule has 23 heavy (non-hydrogen) atoms. The van der Waals surface area contributed by atoms with E-state index in [1.165, 1.54) is 19.1 Å². The topological polar surface area (TPSA) is 32.7 Å². The van der Waals surface area contributed by atoms with Gasteiger partial charge in [0.25, 0.3) is 0 Å². The summed E-state index contributed by atoms with van der Waals surface area (Å²) in [5.41, 5.74) is 2.70. The molecule has 0 saturated heterocycles. The smallest absolute Gasteiger partial charge is 0.240 e. The predicted octanol–water partition coefficient (Wildman–Crippen LogP) is 3.86. The van der Waals surface area contributed by atoms with E-state index in [1.54, 1.807) is 22.8 Å². The van der Waals surface area contributed by atoms with Crippen LogP contribution >= 0.6 is 11.8 Å². The van der Waals surface area contributed by atoms with Gasteiger partial charge in [-0.1, -0.05) is 30.3 Å². The van der Waals surface area contributed by atoms with Crippen molar-refractivity contribution >= 4 is 23.4 Å². The van der Waals surface area contributed by atoms with Crippen LogP contribution in [0.3, 0.4) is 0 Å². The number of hydrazone groups is 1. The molecule has 116 valence electrons. The third-order valence-electron chi connectivity index (χ3n) is 4.31. The summed E-state index contributed by atoms with van der Waals surface area (Å²) in [6.07, 6.45) is 0. The maximum atomic E-state index is 13.7. The van der Waals surface area contributed by atoms with Crippen LogP contribution in [0.1, 0.15) is 24.1 Å². The Bertz CT molecular complexity index is 806. The number of amides is 1. The molecule has 0 N–H and O–H groups in total. The minimum absolute atomic E-state index is 0.0839. The van der Waals surface area contributed by atoms with Gasteiger partial charge in [-0.3, -0.25) is 4.79 Å². The number of nitrogens with zero attached hydrogens (tertiary/aromatic N) is 2. The minimum Gasteiger partial charge on any atom is -0.273 e. The standard InChI is InChI=1S/C18H15FN2OS/c1-11(22)21-18(12-5-3-2-4-6-12)15-10-23-16-8-7-13(19)9-14(16)17(15)20-21/h2-9,15,18H,10H2,1H3/t15-,18+/m0/s1. The van der Waals surface area contributed by atoms with Crippen LogP contribution in [0.2, 0.25) is 0 Å². The SMILES string of the molecule is CC(=O)N1N=C2c3cc(F)ccc3SC[C@@H]2[C@H]1c1ccccc1. The molecular formula is C18H15FN2OS. The molecule has 0 fully saturated rings. The Balaban J connectivity index is 1.83. The van der Waals surface area contributed by atoms with Crippen molar-refractivity contribution in [3.8, 4) is 0 Å². The highest BCUT2D eigenvalue weighted by atomic mass is 32.2. The molecule has 2 aliphatic heterocycles. The molecule has 0 spiro atoms. The highest BCUT2D eigenvalue weighted by Crippen LogP contribution is 2.45. The van der Waals surface area contributed by atoms with Gasteiger partial charge in [0.1, 0.15) is 5.82 Å². The van der Waals surface area contributed by atoms with Crippen LogP contribution in [-0.2, 0) is 4.79 Å². The number of hydrogen-bond acceptors (Lipinski definition) is 3. The van der Waals surface area contributed by atoms with Crippen molar-refractivity contribution in [2.75, 3.05) is 5.75 Å². The lowest BCUT2D eigenvalue weighted by Crippen LogP contribution is -2.31. The van der Waals surface area contributed by atoms with Crippen molar-refractivity contribution < 1.29 is 9.18 Å². The summed E-state index contributed by atoms with van der Waals surface area (Å²) < 4.78 is 13.7. The van der Waals surface area contributed by atoms with Crippen molar-refractivity contribution in [3.63, 3.8) is 0 Å². The van der Waals surface area contributed by atoms with Crippen LogP contribution < -0.4 is 0 Å². The van der Waals surface area contributed by atoms with Gasteiger partial charge in [-0.15, -0.1) is 11.8 Å². The average molecular weight is 326 g/mol. The molecule has 2 heterocycles. The van der Waals surface area contributed by atoms with Gasteiger partial charge < -0.3 is 0 Å². The third kappa shape index (κ3) is 2.36. The fourth-order valence-electron chi connectivity index (χ4n) is 3.29. The molecule has 4 rings (SSSR count). The van der Waals surface area contributed by atoms with Gasteiger partial charge in [0, 0.05) is 29.1 Å². The zero-order valence-corrected chi connectivity index (χ0v) is 13.4. The number of carbonyl (C=O) groups excluding carboxylic acids is 1. The summed E-state index contributed by atoms with van der Waals surface area (Å²) >= 11 is 1.70. The van der Waals surface area contributed by atoms with E-state index in [1.807, 2.05) is 30.3 Å². The quantitative estimate of drug-likeness (QED) is 0.797. The van der Waals surface area contributed by atoms with E-state index in [0.717, 1.165) is 27.5 Å². The van der Waals surface area contributed by atoms with Crippen LogP contribution in [0, 0.1) is 11.7 Å². The number of benzene rings is 2. The summed E-state index contributed by atoms with van der Waals surface area (Å²) in [6, 6.07) is 14.6. The maximum absolute atomic E-state index is 13.7. The largest absolute Gasteiger partial charge is 0.273 e. The molecule has 3 nitrogen and oxygen atoms in total. The zero-order valence-electron chi connectivity index (χ0n) is 12.6. The first-order valence-electron chi connectivity index (χ1n) is 7.51. The molecule has 1 amide bonds. The number of fused-ring (bicyclic) bond motifs is 3. The van der Waals surface area contributed by atoms with Crippen molar-refractivity contribution in [3.05, 3.63) is 65.5 Å². The Labute approximate surface area is 138 Å². The lowest BCUT2D eigenvalue weighted by molar-refractivity contribution is -0.131. The molecule has 2 aliphatic rings. The fourth-order valence-corrected chi connectivity index (χ4v) is 4.48. The van der Waals surface area contributed by atoms with Crippen LogP contribution in [0.25, 0.3) is 0 Å². The van der Waals surface area contributed by atoms with Gasteiger partial charge in [-0.2, -0.15) is 5.10 Å². The molecule has 0 saturated carbocycles. The summed E-state index contributed by atoms with van der Waals surface area (Å²) in [5.74, 6) is 0.551. The highest BCUT2D eigenvalue weighted by molar-refractivity contribution is 7.99. The first-order valence-corrected chi connectivity index (χ1v) is 8.49. The Morgan fingerprint density at radius 3 is 2.78 bits per heavy atom. The van der Waals surface area contributed by atoms with Gasteiger partial charge in [0.15, 0.2) is 0 Å². The molecule has 2 aromatic rings. The maximum Gasteiger partial charge on any atom is 0.240 e. The molecular weight excluding hydrogens is 311 g/mol. The Hall–Kier alpha value is -2.14. The minimum atomic E-state index is -0.273. The second-order valence-corrected chi connectivity index (χ2v) is 6.82. The molecule has 0 aliphatic carbocycles. The van der Waals surface area contributed by atoms with E-state index < -0.39 is 0 Å². The first kappa shape index (κ1) is 14.5. The predicted molar refractivity (Wildman–Crippen MR) is 88.9 cm³/mol. The van der Waals surface area contributed by atoms with Crippen LogP contribution in [0.5, 0.6) is 0 Å². The van der Waals surface area contributed by atoms with Gasteiger partial charge in [0.2, 0.25) is 5.91 Å². The normalized spacial score (nSPS) is 22.3. The van der Waals surface area contributed by atoms with E-state index in [2.05, 4.69) is 5.10 Å². The monoisotopic (exact) mass is 326 g/mol. The Kier molecular flexibility index (Phi) is 3.45. The fraction of sp³-hybridized carbons (Fsp3) is 0.222. The summed E-state index contributed by atoms with van der Waals surface area (Å²) in [4.78, 5) is 13.1. The Morgan fingerprint density at radius 1 is 1.26 bits per heavy atom. The average Bonchev–Trinajstić information content (AvgIpc) is 2.96. The van der Waals surface area contributed by atoms with E-state index >= 15 is 0 Å². The molecule has 0 bridgehead atoms.